The first kappa shape index (κ1) is 20.1. The molecule has 0 unspecified atom stereocenters. The van der Waals surface area contributed by atoms with Crippen LogP contribution in [0.25, 0.3) is 0 Å². The van der Waals surface area contributed by atoms with Gasteiger partial charge in [-0.1, -0.05) is 6.92 Å². The lowest BCUT2D eigenvalue weighted by molar-refractivity contribution is 0.0316. The third kappa shape index (κ3) is 6.91. The van der Waals surface area contributed by atoms with Crippen molar-refractivity contribution in [2.45, 2.75) is 13.3 Å². The Kier molecular flexibility index (Phi) is 7.99. The molecule has 0 spiro atoms. The molecule has 27 heavy (non-hydrogen) atoms. The molecule has 0 amide bonds. The quantitative estimate of drug-likeness (QED) is 0.306. The van der Waals surface area contributed by atoms with Crippen LogP contribution in [0.3, 0.4) is 0 Å². The Hall–Kier alpha value is -3.19. The van der Waals surface area contributed by atoms with E-state index in [-0.39, 0.29) is 23.7 Å². The van der Waals surface area contributed by atoms with E-state index >= 15 is 0 Å². The number of aromatic hydroxyl groups is 2. The van der Waals surface area contributed by atoms with Crippen LogP contribution in [0.4, 0.5) is 0 Å². The van der Waals surface area contributed by atoms with E-state index in [1.165, 1.54) is 24.6 Å². The molecule has 0 aliphatic carbocycles. The smallest absolute Gasteiger partial charge is 0.342 e. The van der Waals surface area contributed by atoms with Crippen LogP contribution in [-0.4, -0.2) is 48.4 Å². The summed E-state index contributed by atoms with van der Waals surface area (Å²) in [6.07, 6.45) is 3.88. The molecule has 0 atom stereocenters. The standard InChI is InChI=1S/C20H22N2O5/c1-2-9-26-10-11-27-20(25)18-12-16(5-8-19(18)24)14-22-21-13-15-3-6-17(23)7-4-15/h3-8,12-14,23-24H,2,9-11H2,1H3/b21-13+,22-14+. The zero-order valence-electron chi connectivity index (χ0n) is 15.0. The van der Waals surface area contributed by atoms with Gasteiger partial charge in [-0.2, -0.15) is 10.2 Å². The van der Waals surface area contributed by atoms with E-state index < -0.39 is 5.97 Å². The third-order valence-electron chi connectivity index (χ3n) is 3.42. The van der Waals surface area contributed by atoms with Crippen molar-refractivity contribution in [2.75, 3.05) is 19.8 Å². The van der Waals surface area contributed by atoms with Gasteiger partial charge in [0.1, 0.15) is 23.7 Å². The monoisotopic (exact) mass is 370 g/mol. The highest BCUT2D eigenvalue weighted by Crippen LogP contribution is 2.19. The molecule has 0 fully saturated rings. The van der Waals surface area contributed by atoms with E-state index in [2.05, 4.69) is 10.2 Å². The number of phenolic OH excluding ortho intramolecular Hbond substituents is 2. The number of hydrogen-bond acceptors (Lipinski definition) is 7. The Bertz CT molecular complexity index is 801. The number of ether oxygens (including phenoxy) is 2. The lowest BCUT2D eigenvalue weighted by Crippen LogP contribution is -2.11. The summed E-state index contributed by atoms with van der Waals surface area (Å²) >= 11 is 0. The Morgan fingerprint density at radius 1 is 0.963 bits per heavy atom. The SMILES string of the molecule is CCCOCCOC(=O)c1cc(/C=N/N=C/c2ccc(O)cc2)ccc1O. The molecule has 0 saturated carbocycles. The van der Waals surface area contributed by atoms with Crippen molar-refractivity contribution in [3.63, 3.8) is 0 Å². The summed E-state index contributed by atoms with van der Waals surface area (Å²) in [5.74, 6) is -0.620. The molecular weight excluding hydrogens is 348 g/mol. The van der Waals surface area contributed by atoms with Gasteiger partial charge in [0, 0.05) is 6.61 Å². The summed E-state index contributed by atoms with van der Waals surface area (Å²) < 4.78 is 10.3. The van der Waals surface area contributed by atoms with Gasteiger partial charge in [0.15, 0.2) is 0 Å². The second-order valence-electron chi connectivity index (χ2n) is 5.61. The molecular formula is C20H22N2O5. The zero-order valence-corrected chi connectivity index (χ0v) is 15.0. The first-order valence-corrected chi connectivity index (χ1v) is 8.53. The number of carbonyl (C=O) groups excluding carboxylic acids is 1. The normalized spacial score (nSPS) is 11.3. The van der Waals surface area contributed by atoms with Gasteiger partial charge in [-0.25, -0.2) is 4.79 Å². The fourth-order valence-corrected chi connectivity index (χ4v) is 2.08. The Labute approximate surface area is 157 Å². The Morgan fingerprint density at radius 2 is 1.63 bits per heavy atom. The molecule has 2 rings (SSSR count). The van der Waals surface area contributed by atoms with Crippen molar-refractivity contribution in [1.29, 1.82) is 0 Å². The van der Waals surface area contributed by atoms with Gasteiger partial charge in [-0.05, 0) is 60.0 Å². The van der Waals surface area contributed by atoms with E-state index in [0.29, 0.717) is 18.8 Å². The van der Waals surface area contributed by atoms with Crippen LogP contribution in [0.1, 0.15) is 34.8 Å². The molecule has 0 heterocycles. The molecule has 0 aliphatic heterocycles. The minimum atomic E-state index is -0.629. The van der Waals surface area contributed by atoms with Gasteiger partial charge in [0.25, 0.3) is 0 Å². The second-order valence-corrected chi connectivity index (χ2v) is 5.61. The largest absolute Gasteiger partial charge is 0.508 e. The van der Waals surface area contributed by atoms with Crippen LogP contribution >= 0.6 is 0 Å². The predicted octanol–water partition coefficient (Wildman–Crippen LogP) is 3.13. The van der Waals surface area contributed by atoms with Gasteiger partial charge >= 0.3 is 5.97 Å². The molecule has 2 aromatic carbocycles. The lowest BCUT2D eigenvalue weighted by atomic mass is 10.1. The number of nitrogens with zero attached hydrogens (tertiary/aromatic N) is 2. The van der Waals surface area contributed by atoms with Crippen molar-refractivity contribution in [1.82, 2.24) is 0 Å². The van der Waals surface area contributed by atoms with E-state index in [1.54, 1.807) is 30.3 Å². The molecule has 2 N–H and O–H groups in total. The lowest BCUT2D eigenvalue weighted by Gasteiger charge is -2.07. The van der Waals surface area contributed by atoms with E-state index in [9.17, 15) is 15.0 Å². The summed E-state index contributed by atoms with van der Waals surface area (Å²) in [6, 6.07) is 11.0. The van der Waals surface area contributed by atoms with Crippen LogP contribution in [0.15, 0.2) is 52.7 Å². The predicted molar refractivity (Wildman–Crippen MR) is 103 cm³/mol. The molecule has 0 aromatic heterocycles. The van der Waals surface area contributed by atoms with E-state index in [1.807, 2.05) is 6.92 Å². The molecule has 7 nitrogen and oxygen atoms in total. The number of rotatable bonds is 9. The average Bonchev–Trinajstić information content (AvgIpc) is 2.67. The number of benzene rings is 2. The Balaban J connectivity index is 1.95. The topological polar surface area (TPSA) is 101 Å². The Morgan fingerprint density at radius 3 is 2.33 bits per heavy atom. The van der Waals surface area contributed by atoms with Gasteiger partial charge in [-0.15, -0.1) is 0 Å². The fourth-order valence-electron chi connectivity index (χ4n) is 2.08. The van der Waals surface area contributed by atoms with Crippen LogP contribution in [0.2, 0.25) is 0 Å². The average molecular weight is 370 g/mol. The summed E-state index contributed by atoms with van der Waals surface area (Å²) in [5, 5.41) is 26.9. The number of phenols is 2. The molecule has 0 radical (unpaired) electrons. The minimum absolute atomic E-state index is 0.0527. The van der Waals surface area contributed by atoms with Crippen molar-refractivity contribution in [3.8, 4) is 11.5 Å². The van der Waals surface area contributed by atoms with E-state index in [4.69, 9.17) is 9.47 Å². The summed E-state index contributed by atoms with van der Waals surface area (Å²) in [5.41, 5.74) is 1.42. The van der Waals surface area contributed by atoms with Gasteiger partial charge in [0.2, 0.25) is 0 Å². The zero-order chi connectivity index (χ0) is 19.5. The molecule has 2 aromatic rings. The third-order valence-corrected chi connectivity index (χ3v) is 3.42. The first-order valence-electron chi connectivity index (χ1n) is 8.53. The van der Waals surface area contributed by atoms with Crippen molar-refractivity contribution < 1.29 is 24.5 Å². The second kappa shape index (κ2) is 10.7. The number of esters is 1. The van der Waals surface area contributed by atoms with Crippen molar-refractivity contribution in [3.05, 3.63) is 59.2 Å². The van der Waals surface area contributed by atoms with Crippen LogP contribution in [0, 0.1) is 0 Å². The minimum Gasteiger partial charge on any atom is -0.508 e. The summed E-state index contributed by atoms with van der Waals surface area (Å²) in [7, 11) is 0. The van der Waals surface area contributed by atoms with Crippen LogP contribution in [0.5, 0.6) is 11.5 Å². The van der Waals surface area contributed by atoms with Gasteiger partial charge < -0.3 is 19.7 Å². The molecule has 0 bridgehead atoms. The fraction of sp³-hybridized carbons (Fsp3) is 0.250. The molecule has 0 aliphatic rings. The highest BCUT2D eigenvalue weighted by Gasteiger charge is 2.13. The highest BCUT2D eigenvalue weighted by molar-refractivity contribution is 5.95. The van der Waals surface area contributed by atoms with E-state index in [0.717, 1.165) is 12.0 Å². The molecule has 7 heteroatoms. The maximum absolute atomic E-state index is 12.1. The highest BCUT2D eigenvalue weighted by atomic mass is 16.6. The van der Waals surface area contributed by atoms with Gasteiger partial charge in [-0.3, -0.25) is 0 Å². The summed E-state index contributed by atoms with van der Waals surface area (Å²) in [4.78, 5) is 12.1. The maximum Gasteiger partial charge on any atom is 0.342 e. The van der Waals surface area contributed by atoms with Crippen molar-refractivity contribution in [2.24, 2.45) is 10.2 Å². The summed E-state index contributed by atoms with van der Waals surface area (Å²) in [6.45, 7) is 3.03. The number of hydrogen-bond donors (Lipinski definition) is 2. The maximum atomic E-state index is 12.1. The number of carbonyl (C=O) groups is 1. The van der Waals surface area contributed by atoms with Crippen LogP contribution < -0.4 is 0 Å². The van der Waals surface area contributed by atoms with Crippen molar-refractivity contribution >= 4 is 18.4 Å². The van der Waals surface area contributed by atoms with Crippen LogP contribution in [-0.2, 0) is 9.47 Å². The van der Waals surface area contributed by atoms with Gasteiger partial charge in [0.05, 0.1) is 19.0 Å². The molecule has 0 saturated heterocycles. The molecule has 142 valence electrons. The first-order chi connectivity index (χ1) is 13.1.